The van der Waals surface area contributed by atoms with Gasteiger partial charge >= 0.3 is 0 Å². The van der Waals surface area contributed by atoms with Gasteiger partial charge in [0.15, 0.2) is 0 Å². The number of rotatable bonds is 0. The molecule has 0 aromatic heterocycles. The summed E-state index contributed by atoms with van der Waals surface area (Å²) < 4.78 is 0. The fourth-order valence-corrected chi connectivity index (χ4v) is 2.88. The maximum absolute atomic E-state index is 2.48. The second-order valence-electron chi connectivity index (χ2n) is 3.17. The monoisotopic (exact) mass is 108 g/mol. The topological polar surface area (TPSA) is 13.0 Å². The van der Waals surface area contributed by atoms with Crippen molar-refractivity contribution in [1.82, 2.24) is 20.0 Å². The lowest BCUT2D eigenvalue weighted by molar-refractivity contribution is -0.762. The Balaban J connectivity index is 2.00. The summed E-state index contributed by atoms with van der Waals surface area (Å²) in [6.07, 6.45) is 3.41. The Kier molecular flexibility index (Phi) is 0.134. The Labute approximate surface area is 45.8 Å². The first-order valence-corrected chi connectivity index (χ1v) is 3.13. The van der Waals surface area contributed by atoms with E-state index in [9.17, 15) is 0 Å². The summed E-state index contributed by atoms with van der Waals surface area (Å²) in [5, 5.41) is 9.93. The van der Waals surface area contributed by atoms with E-state index in [0.717, 1.165) is 24.7 Å². The lowest BCUT2D eigenvalue weighted by Gasteiger charge is -3.04. The number of hydrazine groups is 2. The molecule has 4 nitrogen and oxygen atoms in total. The van der Waals surface area contributed by atoms with Crippen LogP contribution in [0.4, 0.5) is 0 Å². The standard InChI is InChI=1S/C4H4N4/c1-2-7-4-3(5(1)7)6(1)8(2)4/h1-4H. The summed E-state index contributed by atoms with van der Waals surface area (Å²) in [5.41, 5.74) is 0. The minimum atomic E-state index is 0.852. The van der Waals surface area contributed by atoms with Crippen LogP contribution in [-0.4, -0.2) is 44.7 Å². The lowest BCUT2D eigenvalue weighted by atomic mass is 9.78. The summed E-state index contributed by atoms with van der Waals surface area (Å²) in [6, 6.07) is 0. The van der Waals surface area contributed by atoms with Crippen LogP contribution in [-0.2, 0) is 0 Å². The zero-order valence-electron chi connectivity index (χ0n) is 4.10. The van der Waals surface area contributed by atoms with Gasteiger partial charge in [-0.25, -0.2) is 0 Å². The number of hydrogen-bond donors (Lipinski definition) is 0. The van der Waals surface area contributed by atoms with Crippen LogP contribution < -0.4 is 0 Å². The largest absolute Gasteiger partial charge is 0.195 e. The first kappa shape index (κ1) is 2.62. The maximum Gasteiger partial charge on any atom is 0.125 e. The molecule has 0 bridgehead atoms. The zero-order valence-corrected chi connectivity index (χ0v) is 4.10. The first-order valence-electron chi connectivity index (χ1n) is 3.13. The third kappa shape index (κ3) is 0.0598. The van der Waals surface area contributed by atoms with Crippen LogP contribution in [0.15, 0.2) is 0 Å². The van der Waals surface area contributed by atoms with Crippen molar-refractivity contribution in [3.8, 4) is 0 Å². The third-order valence-corrected chi connectivity index (χ3v) is 3.23. The average molecular weight is 108 g/mol. The fourth-order valence-electron chi connectivity index (χ4n) is 2.88. The van der Waals surface area contributed by atoms with Crippen molar-refractivity contribution >= 4 is 0 Å². The van der Waals surface area contributed by atoms with E-state index in [1.807, 2.05) is 0 Å². The van der Waals surface area contributed by atoms with Crippen LogP contribution in [0.3, 0.4) is 0 Å². The van der Waals surface area contributed by atoms with Gasteiger partial charge in [-0.2, -0.15) is 20.0 Å². The Morgan fingerprint density at radius 2 is 0.750 bits per heavy atom. The predicted molar refractivity (Wildman–Crippen MR) is 22.5 cm³/mol. The normalized spacial score (nSPS) is 81.0. The van der Waals surface area contributed by atoms with Crippen molar-refractivity contribution in [3.63, 3.8) is 0 Å². The van der Waals surface area contributed by atoms with E-state index >= 15 is 0 Å². The Bertz CT molecular complexity index is 118. The van der Waals surface area contributed by atoms with Gasteiger partial charge < -0.3 is 0 Å². The molecule has 0 aromatic carbocycles. The number of piperazine rings is 4. The Hall–Kier alpha value is -0.160. The molecule has 6 fully saturated rings. The molecule has 6 saturated heterocycles. The van der Waals surface area contributed by atoms with Crippen molar-refractivity contribution in [2.24, 2.45) is 0 Å². The number of hydrogen-bond acceptors (Lipinski definition) is 4. The molecule has 40 valence electrons. The summed E-state index contributed by atoms with van der Waals surface area (Å²) in [4.78, 5) is 0. The maximum atomic E-state index is 2.48. The van der Waals surface area contributed by atoms with Gasteiger partial charge in [-0.3, -0.25) is 0 Å². The van der Waals surface area contributed by atoms with Crippen molar-refractivity contribution in [2.75, 3.05) is 0 Å². The molecule has 6 heterocycles. The van der Waals surface area contributed by atoms with E-state index in [-0.39, 0.29) is 0 Å². The second kappa shape index (κ2) is 0.410. The van der Waals surface area contributed by atoms with E-state index in [0.29, 0.717) is 0 Å². The van der Waals surface area contributed by atoms with Gasteiger partial charge in [-0.05, 0) is 0 Å². The van der Waals surface area contributed by atoms with Gasteiger partial charge in [0, 0.05) is 0 Å². The summed E-state index contributed by atoms with van der Waals surface area (Å²) >= 11 is 0. The molecule has 8 heavy (non-hydrogen) atoms. The predicted octanol–water partition coefficient (Wildman–Crippen LogP) is -1.60. The average Bonchev–Trinajstić information content (AvgIpc) is 1.90. The highest BCUT2D eigenvalue weighted by atomic mass is 16.2. The van der Waals surface area contributed by atoms with Gasteiger partial charge in [-0.15, -0.1) is 0 Å². The zero-order chi connectivity index (χ0) is 4.62. The Morgan fingerprint density at radius 1 is 0.500 bits per heavy atom. The van der Waals surface area contributed by atoms with Crippen LogP contribution in [0.2, 0.25) is 0 Å². The highest BCUT2D eigenvalue weighted by Crippen LogP contribution is 2.74. The van der Waals surface area contributed by atoms with Gasteiger partial charge in [0.05, 0.1) is 0 Å². The molecule has 6 aliphatic heterocycles. The number of nitrogens with zero attached hydrogens (tertiary/aromatic N) is 4. The molecule has 0 spiro atoms. The van der Waals surface area contributed by atoms with Gasteiger partial charge in [0.2, 0.25) is 0 Å². The highest BCUT2D eigenvalue weighted by Gasteiger charge is 2.98. The molecule has 0 unspecified atom stereocenters. The lowest BCUT2D eigenvalue weighted by Crippen LogP contribution is -3.26. The van der Waals surface area contributed by atoms with Crippen molar-refractivity contribution in [2.45, 2.75) is 24.7 Å². The molecule has 0 amide bonds. The van der Waals surface area contributed by atoms with Crippen LogP contribution in [0, 0.1) is 0 Å². The van der Waals surface area contributed by atoms with E-state index in [2.05, 4.69) is 20.0 Å². The molecular formula is C4H4N4. The molecule has 0 radical (unpaired) electrons. The van der Waals surface area contributed by atoms with E-state index in [4.69, 9.17) is 0 Å². The van der Waals surface area contributed by atoms with Crippen LogP contribution >= 0.6 is 0 Å². The van der Waals surface area contributed by atoms with Gasteiger partial charge in [0.25, 0.3) is 0 Å². The molecule has 0 saturated carbocycles. The Morgan fingerprint density at radius 3 is 0.875 bits per heavy atom. The minimum Gasteiger partial charge on any atom is -0.195 e. The first-order chi connectivity index (χ1) is 4.00. The second-order valence-corrected chi connectivity index (χ2v) is 3.17. The molecule has 0 aromatic rings. The molecule has 6 aliphatic rings. The van der Waals surface area contributed by atoms with Gasteiger partial charge in [0.1, 0.15) is 24.7 Å². The summed E-state index contributed by atoms with van der Waals surface area (Å²) in [6.45, 7) is 0. The molecule has 0 atom stereocenters. The molecule has 6 rings (SSSR count). The van der Waals surface area contributed by atoms with Crippen molar-refractivity contribution in [3.05, 3.63) is 0 Å². The van der Waals surface area contributed by atoms with Crippen LogP contribution in [0.5, 0.6) is 0 Å². The van der Waals surface area contributed by atoms with Gasteiger partial charge in [-0.1, -0.05) is 0 Å². The molecule has 0 aliphatic carbocycles. The molecular weight excluding hydrogens is 104 g/mol. The van der Waals surface area contributed by atoms with Crippen LogP contribution in [0.25, 0.3) is 0 Å². The van der Waals surface area contributed by atoms with Crippen molar-refractivity contribution < 1.29 is 0 Å². The van der Waals surface area contributed by atoms with E-state index in [1.165, 1.54) is 0 Å². The molecule has 0 N–H and O–H groups in total. The van der Waals surface area contributed by atoms with Crippen molar-refractivity contribution in [1.29, 1.82) is 0 Å². The fraction of sp³-hybridized carbons (Fsp3) is 1.00. The SMILES string of the molecule is C12C3N4C5C(N14)N2N35. The molecule has 4 heteroatoms. The summed E-state index contributed by atoms with van der Waals surface area (Å²) in [7, 11) is 0. The summed E-state index contributed by atoms with van der Waals surface area (Å²) in [5.74, 6) is 0. The van der Waals surface area contributed by atoms with Crippen LogP contribution in [0.1, 0.15) is 0 Å². The van der Waals surface area contributed by atoms with E-state index in [1.54, 1.807) is 0 Å². The smallest absolute Gasteiger partial charge is 0.125 e. The quantitative estimate of drug-likeness (QED) is 0.370. The highest BCUT2D eigenvalue weighted by molar-refractivity contribution is 5.34. The third-order valence-electron chi connectivity index (χ3n) is 3.23. The van der Waals surface area contributed by atoms with E-state index < -0.39 is 0 Å². The minimum absolute atomic E-state index is 0.852.